The van der Waals surface area contributed by atoms with Crippen molar-refractivity contribution in [1.82, 2.24) is 4.90 Å². The van der Waals surface area contributed by atoms with Crippen molar-refractivity contribution < 1.29 is 4.79 Å². The minimum absolute atomic E-state index is 0.129. The number of rotatable bonds is 4. The quantitative estimate of drug-likeness (QED) is 0.806. The molecule has 0 aromatic carbocycles. The van der Waals surface area contributed by atoms with Gasteiger partial charge < -0.3 is 16.0 Å². The zero-order chi connectivity index (χ0) is 12.4. The molecule has 5 heteroatoms. The maximum Gasteiger partial charge on any atom is 0.174 e. The number of hydrogen-bond acceptors (Lipinski definition) is 5. The number of likely N-dealkylation sites (N-methyl/N-ethyl adjacent to an activating group) is 1. The molecule has 1 aliphatic heterocycles. The highest BCUT2D eigenvalue weighted by Gasteiger charge is 2.20. The van der Waals surface area contributed by atoms with E-state index in [1.54, 1.807) is 0 Å². The Morgan fingerprint density at radius 3 is 3.06 bits per heavy atom. The van der Waals surface area contributed by atoms with Crippen LogP contribution < -0.4 is 11.1 Å². The molecule has 0 saturated carbocycles. The predicted octanol–water partition coefficient (Wildman–Crippen LogP) is 2.04. The Balaban J connectivity index is 2.05. The molecule has 17 heavy (non-hydrogen) atoms. The second-order valence-electron chi connectivity index (χ2n) is 4.56. The fraction of sp³-hybridized carbons (Fsp3) is 0.583. The van der Waals surface area contributed by atoms with Gasteiger partial charge in [-0.1, -0.05) is 6.92 Å². The lowest BCUT2D eigenvalue weighted by molar-refractivity contribution is 0.0993. The summed E-state index contributed by atoms with van der Waals surface area (Å²) >= 11 is 1.48. The number of anilines is 2. The van der Waals surface area contributed by atoms with E-state index in [0.717, 1.165) is 24.5 Å². The van der Waals surface area contributed by atoms with Gasteiger partial charge in [0, 0.05) is 19.0 Å². The first kappa shape index (κ1) is 12.4. The van der Waals surface area contributed by atoms with E-state index in [0.29, 0.717) is 23.0 Å². The number of carbonyl (C=O) groups excluding carboxylic acids is 1. The van der Waals surface area contributed by atoms with Gasteiger partial charge in [0.15, 0.2) is 5.78 Å². The highest BCUT2D eigenvalue weighted by molar-refractivity contribution is 7.18. The molecular formula is C12H19N3OS. The van der Waals surface area contributed by atoms with E-state index in [1.807, 2.05) is 13.0 Å². The van der Waals surface area contributed by atoms with E-state index < -0.39 is 0 Å². The average Bonchev–Trinajstić information content (AvgIpc) is 2.85. The molecule has 0 spiro atoms. The van der Waals surface area contributed by atoms with E-state index in [-0.39, 0.29) is 5.78 Å². The summed E-state index contributed by atoms with van der Waals surface area (Å²) in [5.74, 6) is 0.129. The number of nitrogen functional groups attached to an aromatic ring is 1. The number of nitrogens with two attached hydrogens (primary N) is 1. The second-order valence-corrected chi connectivity index (χ2v) is 5.62. The predicted molar refractivity (Wildman–Crippen MR) is 72.9 cm³/mol. The van der Waals surface area contributed by atoms with Gasteiger partial charge in [-0.2, -0.15) is 0 Å². The fourth-order valence-electron chi connectivity index (χ4n) is 2.11. The molecule has 4 nitrogen and oxygen atoms in total. The molecule has 1 aromatic heterocycles. The standard InChI is InChI=1S/C12H19N3OS/c1-3-10(16)12-9(13)6-11(17-12)14-8-4-5-15(2)7-8/h6,8,14H,3-5,7,13H2,1-2H3. The molecule has 94 valence electrons. The molecule has 1 saturated heterocycles. The van der Waals surface area contributed by atoms with Crippen LogP contribution in [0.1, 0.15) is 29.4 Å². The summed E-state index contributed by atoms with van der Waals surface area (Å²) in [6.07, 6.45) is 1.65. The molecule has 2 rings (SSSR count). The maximum atomic E-state index is 11.6. The summed E-state index contributed by atoms with van der Waals surface area (Å²) in [5.41, 5.74) is 6.47. The monoisotopic (exact) mass is 253 g/mol. The van der Waals surface area contributed by atoms with Gasteiger partial charge in [0.1, 0.15) is 0 Å². The zero-order valence-corrected chi connectivity index (χ0v) is 11.1. The summed E-state index contributed by atoms with van der Waals surface area (Å²) in [7, 11) is 2.12. The highest BCUT2D eigenvalue weighted by atomic mass is 32.1. The molecule has 1 unspecified atom stereocenters. The van der Waals surface area contributed by atoms with Crippen molar-refractivity contribution in [2.45, 2.75) is 25.8 Å². The van der Waals surface area contributed by atoms with E-state index in [9.17, 15) is 4.79 Å². The van der Waals surface area contributed by atoms with E-state index in [1.165, 1.54) is 11.3 Å². The number of nitrogens with one attached hydrogen (secondary N) is 1. The minimum Gasteiger partial charge on any atom is -0.397 e. The Labute approximate surface area is 106 Å². The van der Waals surface area contributed by atoms with Crippen LogP contribution in [0.5, 0.6) is 0 Å². The Hall–Kier alpha value is -1.07. The summed E-state index contributed by atoms with van der Waals surface area (Å²) < 4.78 is 0. The number of nitrogens with zero attached hydrogens (tertiary/aromatic N) is 1. The van der Waals surface area contributed by atoms with Crippen LogP contribution in [0.2, 0.25) is 0 Å². The summed E-state index contributed by atoms with van der Waals surface area (Å²) in [4.78, 5) is 14.6. The van der Waals surface area contributed by atoms with Crippen molar-refractivity contribution in [3.63, 3.8) is 0 Å². The molecule has 0 amide bonds. The third-order valence-corrected chi connectivity index (χ3v) is 4.20. The molecule has 1 aromatic rings. The zero-order valence-electron chi connectivity index (χ0n) is 10.3. The van der Waals surface area contributed by atoms with Crippen LogP contribution in [0, 0.1) is 0 Å². The molecule has 1 aliphatic rings. The van der Waals surface area contributed by atoms with Gasteiger partial charge in [0.2, 0.25) is 0 Å². The normalized spacial score (nSPS) is 20.7. The average molecular weight is 253 g/mol. The molecule has 0 aliphatic carbocycles. The van der Waals surface area contributed by atoms with Crippen molar-refractivity contribution in [3.8, 4) is 0 Å². The van der Waals surface area contributed by atoms with Gasteiger partial charge in [-0.3, -0.25) is 4.79 Å². The van der Waals surface area contributed by atoms with Gasteiger partial charge in [0.05, 0.1) is 15.6 Å². The molecule has 3 N–H and O–H groups in total. The smallest absolute Gasteiger partial charge is 0.174 e. The van der Waals surface area contributed by atoms with Gasteiger partial charge in [-0.25, -0.2) is 0 Å². The van der Waals surface area contributed by atoms with Gasteiger partial charge >= 0.3 is 0 Å². The van der Waals surface area contributed by atoms with Crippen LogP contribution in [0.15, 0.2) is 6.07 Å². The lowest BCUT2D eigenvalue weighted by Gasteiger charge is -2.11. The van der Waals surface area contributed by atoms with E-state index >= 15 is 0 Å². The SMILES string of the molecule is CCC(=O)c1sc(NC2CCN(C)C2)cc1N. The lowest BCUT2D eigenvalue weighted by atomic mass is 10.2. The molecule has 2 heterocycles. The Morgan fingerprint density at radius 1 is 1.71 bits per heavy atom. The van der Waals surface area contributed by atoms with Crippen molar-refractivity contribution in [2.75, 3.05) is 31.2 Å². The van der Waals surface area contributed by atoms with Crippen LogP contribution in [0.4, 0.5) is 10.7 Å². The Kier molecular flexibility index (Phi) is 3.69. The highest BCUT2D eigenvalue weighted by Crippen LogP contribution is 2.31. The van der Waals surface area contributed by atoms with Crippen molar-refractivity contribution in [1.29, 1.82) is 0 Å². The fourth-order valence-corrected chi connectivity index (χ4v) is 3.18. The van der Waals surface area contributed by atoms with Crippen LogP contribution in [-0.4, -0.2) is 36.9 Å². The van der Waals surface area contributed by atoms with Crippen LogP contribution in [-0.2, 0) is 0 Å². The van der Waals surface area contributed by atoms with Crippen molar-refractivity contribution in [2.24, 2.45) is 0 Å². The van der Waals surface area contributed by atoms with Crippen LogP contribution in [0.25, 0.3) is 0 Å². The van der Waals surface area contributed by atoms with Crippen molar-refractivity contribution >= 4 is 27.8 Å². The first-order valence-corrected chi connectivity index (χ1v) is 6.79. The minimum atomic E-state index is 0.129. The number of thiophene rings is 1. The third-order valence-electron chi connectivity index (χ3n) is 3.07. The maximum absolute atomic E-state index is 11.6. The molecule has 1 fully saturated rings. The van der Waals surface area contributed by atoms with Crippen LogP contribution in [0.3, 0.4) is 0 Å². The van der Waals surface area contributed by atoms with E-state index in [4.69, 9.17) is 5.73 Å². The first-order chi connectivity index (χ1) is 8.10. The molecule has 1 atom stereocenters. The van der Waals surface area contributed by atoms with Gasteiger partial charge in [-0.15, -0.1) is 11.3 Å². The third kappa shape index (κ3) is 2.79. The molecular weight excluding hydrogens is 234 g/mol. The Bertz CT molecular complexity index is 416. The number of hydrogen-bond donors (Lipinski definition) is 2. The summed E-state index contributed by atoms with van der Waals surface area (Å²) in [6, 6.07) is 2.36. The lowest BCUT2D eigenvalue weighted by Crippen LogP contribution is -2.22. The number of likely N-dealkylation sites (tertiary alicyclic amines) is 1. The largest absolute Gasteiger partial charge is 0.397 e. The Morgan fingerprint density at radius 2 is 2.47 bits per heavy atom. The summed E-state index contributed by atoms with van der Waals surface area (Å²) in [5, 5.41) is 4.47. The van der Waals surface area contributed by atoms with Gasteiger partial charge in [0.25, 0.3) is 0 Å². The number of Topliss-reactive ketones (excluding diaryl/α,β-unsaturated/α-hetero) is 1. The molecule has 0 bridgehead atoms. The number of ketones is 1. The van der Waals surface area contributed by atoms with Gasteiger partial charge in [-0.05, 0) is 26.1 Å². The summed E-state index contributed by atoms with van der Waals surface area (Å²) in [6.45, 7) is 4.04. The first-order valence-electron chi connectivity index (χ1n) is 5.97. The van der Waals surface area contributed by atoms with Crippen molar-refractivity contribution in [3.05, 3.63) is 10.9 Å². The topological polar surface area (TPSA) is 58.4 Å². The number of carbonyl (C=O) groups is 1. The van der Waals surface area contributed by atoms with Crippen LogP contribution >= 0.6 is 11.3 Å². The second kappa shape index (κ2) is 5.06. The van der Waals surface area contributed by atoms with E-state index in [2.05, 4.69) is 17.3 Å². The molecule has 0 radical (unpaired) electrons.